The van der Waals surface area contributed by atoms with E-state index in [9.17, 15) is 14.9 Å². The largest absolute Gasteiger partial charge is 0.495 e. The van der Waals surface area contributed by atoms with Crippen LogP contribution in [0.25, 0.3) is 0 Å². The molecule has 1 amide bonds. The second-order valence-corrected chi connectivity index (χ2v) is 7.06. The molecule has 0 aromatic heterocycles. The minimum absolute atomic E-state index is 0.00989. The Labute approximate surface area is 164 Å². The van der Waals surface area contributed by atoms with Crippen molar-refractivity contribution in [1.29, 1.82) is 0 Å². The number of anilines is 1. The molecule has 7 heteroatoms. The molecule has 28 heavy (non-hydrogen) atoms. The summed E-state index contributed by atoms with van der Waals surface area (Å²) >= 11 is 0. The van der Waals surface area contributed by atoms with E-state index in [-0.39, 0.29) is 22.4 Å². The van der Waals surface area contributed by atoms with Gasteiger partial charge < -0.3 is 10.1 Å². The maximum atomic E-state index is 12.6. The van der Waals surface area contributed by atoms with E-state index in [1.807, 2.05) is 30.3 Å². The van der Waals surface area contributed by atoms with Crippen LogP contribution in [0.5, 0.6) is 5.75 Å². The molecule has 1 saturated heterocycles. The third kappa shape index (κ3) is 4.48. The highest BCUT2D eigenvalue weighted by Gasteiger charge is 2.26. The number of carbonyl (C=O) groups is 1. The maximum Gasteiger partial charge on any atom is 0.272 e. The lowest BCUT2D eigenvalue weighted by Crippen LogP contribution is -2.37. The normalized spacial score (nSPS) is 15.2. The molecule has 0 spiro atoms. The first-order chi connectivity index (χ1) is 13.5. The summed E-state index contributed by atoms with van der Waals surface area (Å²) < 4.78 is 5.28. The molecule has 1 heterocycles. The summed E-state index contributed by atoms with van der Waals surface area (Å²) in [6.07, 6.45) is 1.52. The van der Waals surface area contributed by atoms with Crippen molar-refractivity contribution in [2.75, 3.05) is 25.5 Å². The Bertz CT molecular complexity index is 860. The standard InChI is InChI=1S/C21H25N3O4/c1-15-17(6-5-8-19(15)24(26)27)14-23-12-10-16(11-13-23)21(25)22-18-7-3-4-9-20(18)28-2/h3-9,16H,10-14H2,1-2H3,(H,22,25). The van der Waals surface area contributed by atoms with E-state index in [1.54, 1.807) is 20.1 Å². The molecule has 7 nitrogen and oxygen atoms in total. The predicted molar refractivity (Wildman–Crippen MR) is 107 cm³/mol. The van der Waals surface area contributed by atoms with Gasteiger partial charge in [-0.05, 0) is 50.6 Å². The van der Waals surface area contributed by atoms with Crippen molar-refractivity contribution in [2.24, 2.45) is 5.92 Å². The minimum atomic E-state index is -0.340. The van der Waals surface area contributed by atoms with Crippen LogP contribution in [0, 0.1) is 23.0 Å². The second kappa shape index (κ2) is 8.84. The quantitative estimate of drug-likeness (QED) is 0.606. The van der Waals surface area contributed by atoms with Gasteiger partial charge in [0, 0.05) is 24.1 Å². The van der Waals surface area contributed by atoms with Gasteiger partial charge in [-0.2, -0.15) is 0 Å². The van der Waals surface area contributed by atoms with Gasteiger partial charge in [-0.25, -0.2) is 0 Å². The van der Waals surface area contributed by atoms with Crippen LogP contribution in [-0.2, 0) is 11.3 Å². The van der Waals surface area contributed by atoms with E-state index < -0.39 is 0 Å². The summed E-state index contributed by atoms with van der Waals surface area (Å²) in [5.41, 5.74) is 2.52. The summed E-state index contributed by atoms with van der Waals surface area (Å²) in [5, 5.41) is 14.1. The number of hydrogen-bond donors (Lipinski definition) is 1. The molecule has 0 unspecified atom stereocenters. The number of nitrogens with one attached hydrogen (secondary N) is 1. The molecule has 1 aliphatic heterocycles. The van der Waals surface area contributed by atoms with Crippen LogP contribution in [0.2, 0.25) is 0 Å². The fourth-order valence-corrected chi connectivity index (χ4v) is 3.62. The fourth-order valence-electron chi connectivity index (χ4n) is 3.62. The van der Waals surface area contributed by atoms with E-state index in [1.165, 1.54) is 6.07 Å². The van der Waals surface area contributed by atoms with Crippen molar-refractivity contribution in [2.45, 2.75) is 26.3 Å². The van der Waals surface area contributed by atoms with Crippen molar-refractivity contribution in [1.82, 2.24) is 4.90 Å². The Balaban J connectivity index is 1.57. The SMILES string of the molecule is COc1ccccc1NC(=O)C1CCN(Cc2cccc([N+](=O)[O-])c2C)CC1. The van der Waals surface area contributed by atoms with Gasteiger partial charge in [-0.3, -0.25) is 19.8 Å². The number of likely N-dealkylation sites (tertiary alicyclic amines) is 1. The monoisotopic (exact) mass is 383 g/mol. The Hall–Kier alpha value is -2.93. The van der Waals surface area contributed by atoms with Crippen molar-refractivity contribution in [3.8, 4) is 5.75 Å². The van der Waals surface area contributed by atoms with Gasteiger partial charge in [0.15, 0.2) is 0 Å². The van der Waals surface area contributed by atoms with Crippen LogP contribution in [0.1, 0.15) is 24.0 Å². The number of rotatable bonds is 6. The minimum Gasteiger partial charge on any atom is -0.495 e. The Kier molecular flexibility index (Phi) is 6.26. The lowest BCUT2D eigenvalue weighted by Gasteiger charge is -2.31. The Morgan fingerprint density at radius 1 is 1.21 bits per heavy atom. The van der Waals surface area contributed by atoms with Crippen LogP contribution in [0.4, 0.5) is 11.4 Å². The van der Waals surface area contributed by atoms with E-state index in [0.29, 0.717) is 23.5 Å². The number of benzene rings is 2. The number of carbonyl (C=O) groups excluding carboxylic acids is 1. The summed E-state index contributed by atoms with van der Waals surface area (Å²) in [7, 11) is 1.58. The van der Waals surface area contributed by atoms with Gasteiger partial charge in [-0.1, -0.05) is 24.3 Å². The second-order valence-electron chi connectivity index (χ2n) is 7.06. The molecule has 2 aromatic rings. The molecule has 0 atom stereocenters. The van der Waals surface area contributed by atoms with E-state index >= 15 is 0 Å². The Morgan fingerprint density at radius 2 is 1.93 bits per heavy atom. The molecular weight excluding hydrogens is 358 g/mol. The highest BCUT2D eigenvalue weighted by Crippen LogP contribution is 2.27. The van der Waals surface area contributed by atoms with Crippen LogP contribution in [-0.4, -0.2) is 35.9 Å². The van der Waals surface area contributed by atoms with E-state index in [0.717, 1.165) is 31.5 Å². The molecule has 0 saturated carbocycles. The average Bonchev–Trinajstić information content (AvgIpc) is 2.70. The van der Waals surface area contributed by atoms with Crippen LogP contribution in [0.15, 0.2) is 42.5 Å². The maximum absolute atomic E-state index is 12.6. The van der Waals surface area contributed by atoms with Crippen molar-refractivity contribution < 1.29 is 14.5 Å². The molecular formula is C21H25N3O4. The summed E-state index contributed by atoms with van der Waals surface area (Å²) in [6, 6.07) is 12.6. The number of para-hydroxylation sites is 2. The third-order valence-electron chi connectivity index (χ3n) is 5.33. The highest BCUT2D eigenvalue weighted by atomic mass is 16.6. The molecule has 2 aromatic carbocycles. The number of nitro groups is 1. The molecule has 0 radical (unpaired) electrons. The first-order valence-electron chi connectivity index (χ1n) is 9.38. The molecule has 1 aliphatic rings. The third-order valence-corrected chi connectivity index (χ3v) is 5.33. The van der Waals surface area contributed by atoms with Gasteiger partial charge in [0.25, 0.3) is 5.69 Å². The van der Waals surface area contributed by atoms with Gasteiger partial charge in [0.05, 0.1) is 17.7 Å². The Morgan fingerprint density at radius 3 is 2.61 bits per heavy atom. The van der Waals surface area contributed by atoms with Gasteiger partial charge >= 0.3 is 0 Å². The lowest BCUT2D eigenvalue weighted by atomic mass is 9.95. The van der Waals surface area contributed by atoms with Crippen molar-refractivity contribution >= 4 is 17.3 Å². The van der Waals surface area contributed by atoms with Gasteiger partial charge in [-0.15, -0.1) is 0 Å². The van der Waals surface area contributed by atoms with Crippen LogP contribution < -0.4 is 10.1 Å². The number of nitro benzene ring substituents is 1. The predicted octanol–water partition coefficient (Wildman–Crippen LogP) is 3.76. The number of ether oxygens (including phenoxy) is 1. The van der Waals surface area contributed by atoms with E-state index in [2.05, 4.69) is 10.2 Å². The molecule has 3 rings (SSSR count). The van der Waals surface area contributed by atoms with Crippen molar-refractivity contribution in [3.63, 3.8) is 0 Å². The van der Waals surface area contributed by atoms with Crippen LogP contribution in [0.3, 0.4) is 0 Å². The highest BCUT2D eigenvalue weighted by molar-refractivity contribution is 5.94. The first-order valence-corrected chi connectivity index (χ1v) is 9.38. The number of methoxy groups -OCH3 is 1. The van der Waals surface area contributed by atoms with Crippen LogP contribution >= 0.6 is 0 Å². The number of piperidine rings is 1. The molecule has 1 N–H and O–H groups in total. The summed E-state index contributed by atoms with van der Waals surface area (Å²) in [4.78, 5) is 25.6. The van der Waals surface area contributed by atoms with E-state index in [4.69, 9.17) is 4.74 Å². The van der Waals surface area contributed by atoms with Gasteiger partial charge in [0.1, 0.15) is 5.75 Å². The zero-order chi connectivity index (χ0) is 20.1. The number of amides is 1. The molecule has 1 fully saturated rings. The van der Waals surface area contributed by atoms with Gasteiger partial charge in [0.2, 0.25) is 5.91 Å². The lowest BCUT2D eigenvalue weighted by molar-refractivity contribution is -0.385. The zero-order valence-corrected chi connectivity index (χ0v) is 16.2. The van der Waals surface area contributed by atoms with Crippen molar-refractivity contribution in [3.05, 3.63) is 63.7 Å². The molecule has 148 valence electrons. The fraction of sp³-hybridized carbons (Fsp3) is 0.381. The molecule has 0 aliphatic carbocycles. The summed E-state index contributed by atoms with van der Waals surface area (Å²) in [5.74, 6) is 0.609. The number of nitrogens with zero attached hydrogens (tertiary/aromatic N) is 2. The first kappa shape index (κ1) is 19.8. The topological polar surface area (TPSA) is 84.7 Å². The molecule has 0 bridgehead atoms. The summed E-state index contributed by atoms with van der Waals surface area (Å²) in [6.45, 7) is 4.02. The number of hydrogen-bond acceptors (Lipinski definition) is 5. The smallest absolute Gasteiger partial charge is 0.272 e. The average molecular weight is 383 g/mol. The zero-order valence-electron chi connectivity index (χ0n) is 16.2.